The summed E-state index contributed by atoms with van der Waals surface area (Å²) in [4.78, 5) is 5.54. The zero-order chi connectivity index (χ0) is 19.1. The number of nitrogens with two attached hydrogens (primary N) is 1. The fraction of sp³-hybridized carbons (Fsp3) is 0.217. The van der Waals surface area contributed by atoms with Crippen molar-refractivity contribution in [1.82, 2.24) is 9.88 Å². The van der Waals surface area contributed by atoms with Gasteiger partial charge in [-0.3, -0.25) is 0 Å². The zero-order valence-corrected chi connectivity index (χ0v) is 16.0. The second kappa shape index (κ2) is 9.21. The summed E-state index contributed by atoms with van der Waals surface area (Å²) in [5, 5.41) is 2.40. The molecule has 0 atom stereocenters. The summed E-state index contributed by atoms with van der Waals surface area (Å²) < 4.78 is 5.93. The highest BCUT2D eigenvalue weighted by atomic mass is 16.5. The van der Waals surface area contributed by atoms with Crippen LogP contribution >= 0.6 is 0 Å². The molecule has 4 heteroatoms. The lowest BCUT2D eigenvalue weighted by Crippen LogP contribution is -2.19. The number of aromatic nitrogens is 1. The van der Waals surface area contributed by atoms with Gasteiger partial charge in [-0.2, -0.15) is 0 Å². The van der Waals surface area contributed by atoms with Gasteiger partial charge in [0, 0.05) is 40.5 Å². The molecule has 3 N–H and O–H groups in total. The predicted octanol–water partition coefficient (Wildman–Crippen LogP) is 4.41. The Morgan fingerprint density at radius 3 is 2.15 bits per heavy atom. The standard InChI is InChI=1S/C17H21N3O.C6H6/c1-20(2)7-8-21-17-10-14-13-5-3-4-6-15(13)19-16(14)9-12(17)11-18;1-2-4-6-5-3-1/h3-6,9-10,19H,7-8,11,18H2,1-2H3;1-6H. The number of nitrogens with zero attached hydrogens (tertiary/aromatic N) is 1. The molecule has 0 aliphatic heterocycles. The number of H-pyrrole nitrogens is 1. The molecule has 140 valence electrons. The molecule has 27 heavy (non-hydrogen) atoms. The highest BCUT2D eigenvalue weighted by Gasteiger charge is 2.10. The van der Waals surface area contributed by atoms with Crippen LogP contribution in [0.25, 0.3) is 21.8 Å². The minimum absolute atomic E-state index is 0.475. The minimum atomic E-state index is 0.475. The second-order valence-corrected chi connectivity index (χ2v) is 6.69. The van der Waals surface area contributed by atoms with Crippen molar-refractivity contribution in [3.8, 4) is 5.75 Å². The van der Waals surface area contributed by atoms with Crippen molar-refractivity contribution < 1.29 is 4.74 Å². The molecule has 0 fully saturated rings. The number of rotatable bonds is 5. The van der Waals surface area contributed by atoms with Crippen LogP contribution in [0.1, 0.15) is 5.56 Å². The first-order valence-electron chi connectivity index (χ1n) is 9.20. The first kappa shape index (κ1) is 19.0. The van der Waals surface area contributed by atoms with Gasteiger partial charge < -0.3 is 20.4 Å². The maximum Gasteiger partial charge on any atom is 0.124 e. The van der Waals surface area contributed by atoms with Gasteiger partial charge in [0.15, 0.2) is 0 Å². The van der Waals surface area contributed by atoms with E-state index in [1.807, 2.05) is 56.6 Å². The van der Waals surface area contributed by atoms with Gasteiger partial charge in [-0.05, 0) is 32.3 Å². The number of benzene rings is 3. The van der Waals surface area contributed by atoms with E-state index in [9.17, 15) is 0 Å². The van der Waals surface area contributed by atoms with Crippen LogP contribution in [0, 0.1) is 0 Å². The molecule has 0 bridgehead atoms. The number of fused-ring (bicyclic) bond motifs is 3. The van der Waals surface area contributed by atoms with Gasteiger partial charge in [-0.1, -0.05) is 54.6 Å². The Hall–Kier alpha value is -2.82. The Labute approximate surface area is 160 Å². The fourth-order valence-electron chi connectivity index (χ4n) is 2.94. The fourth-order valence-corrected chi connectivity index (χ4v) is 2.94. The lowest BCUT2D eigenvalue weighted by atomic mass is 10.1. The summed E-state index contributed by atoms with van der Waals surface area (Å²) in [7, 11) is 4.08. The topological polar surface area (TPSA) is 54.3 Å². The van der Waals surface area contributed by atoms with Gasteiger partial charge in [0.2, 0.25) is 0 Å². The van der Waals surface area contributed by atoms with Crippen molar-refractivity contribution in [2.45, 2.75) is 6.54 Å². The van der Waals surface area contributed by atoms with Crippen LogP contribution in [-0.4, -0.2) is 37.1 Å². The molecule has 0 aliphatic rings. The third-order valence-corrected chi connectivity index (χ3v) is 4.37. The van der Waals surface area contributed by atoms with E-state index in [2.05, 4.69) is 40.2 Å². The summed E-state index contributed by atoms with van der Waals surface area (Å²) in [6.45, 7) is 2.02. The second-order valence-electron chi connectivity index (χ2n) is 6.69. The summed E-state index contributed by atoms with van der Waals surface area (Å²) in [5.41, 5.74) is 9.15. The number of hydrogen-bond acceptors (Lipinski definition) is 3. The van der Waals surface area contributed by atoms with E-state index in [1.54, 1.807) is 0 Å². The van der Waals surface area contributed by atoms with Crippen LogP contribution in [0.4, 0.5) is 0 Å². The molecule has 0 aliphatic carbocycles. The lowest BCUT2D eigenvalue weighted by molar-refractivity contribution is 0.260. The number of likely N-dealkylation sites (N-methyl/N-ethyl adjacent to an activating group) is 1. The zero-order valence-electron chi connectivity index (χ0n) is 16.0. The highest BCUT2D eigenvalue weighted by molar-refractivity contribution is 6.07. The van der Waals surface area contributed by atoms with E-state index in [-0.39, 0.29) is 0 Å². The number of para-hydroxylation sites is 1. The van der Waals surface area contributed by atoms with Crippen LogP contribution in [0.5, 0.6) is 5.75 Å². The van der Waals surface area contributed by atoms with Crippen molar-refractivity contribution in [3.63, 3.8) is 0 Å². The normalized spacial score (nSPS) is 10.8. The molecular formula is C23H27N3O. The molecule has 0 amide bonds. The maximum atomic E-state index is 5.93. The molecule has 1 aromatic heterocycles. The highest BCUT2D eigenvalue weighted by Crippen LogP contribution is 2.31. The Balaban J connectivity index is 0.000000299. The van der Waals surface area contributed by atoms with E-state index < -0.39 is 0 Å². The van der Waals surface area contributed by atoms with E-state index in [0.717, 1.165) is 28.9 Å². The molecule has 0 unspecified atom stereocenters. The largest absolute Gasteiger partial charge is 0.492 e. The van der Waals surface area contributed by atoms with Gasteiger partial charge >= 0.3 is 0 Å². The van der Waals surface area contributed by atoms with Crippen molar-refractivity contribution in [1.29, 1.82) is 0 Å². The third-order valence-electron chi connectivity index (χ3n) is 4.37. The number of ether oxygens (including phenoxy) is 1. The number of aromatic amines is 1. The van der Waals surface area contributed by atoms with E-state index in [1.165, 1.54) is 10.8 Å². The summed E-state index contributed by atoms with van der Waals surface area (Å²) in [6, 6.07) is 24.5. The average Bonchev–Trinajstić information content (AvgIpc) is 3.06. The smallest absolute Gasteiger partial charge is 0.124 e. The Kier molecular flexibility index (Phi) is 6.47. The molecule has 0 saturated carbocycles. The van der Waals surface area contributed by atoms with Crippen molar-refractivity contribution >= 4 is 21.8 Å². The molecule has 0 radical (unpaired) electrons. The molecule has 4 rings (SSSR count). The minimum Gasteiger partial charge on any atom is -0.492 e. The lowest BCUT2D eigenvalue weighted by Gasteiger charge is -2.13. The predicted molar refractivity (Wildman–Crippen MR) is 114 cm³/mol. The summed E-state index contributed by atoms with van der Waals surface area (Å²) in [5.74, 6) is 0.886. The Morgan fingerprint density at radius 2 is 1.52 bits per heavy atom. The van der Waals surface area contributed by atoms with E-state index in [4.69, 9.17) is 10.5 Å². The summed E-state index contributed by atoms with van der Waals surface area (Å²) in [6.07, 6.45) is 0. The van der Waals surface area contributed by atoms with Gasteiger partial charge in [-0.15, -0.1) is 0 Å². The van der Waals surface area contributed by atoms with Crippen molar-refractivity contribution in [3.05, 3.63) is 78.4 Å². The van der Waals surface area contributed by atoms with E-state index in [0.29, 0.717) is 13.2 Å². The molecular weight excluding hydrogens is 334 g/mol. The van der Waals surface area contributed by atoms with Gasteiger partial charge in [0.1, 0.15) is 12.4 Å². The van der Waals surface area contributed by atoms with Crippen LogP contribution in [0.15, 0.2) is 72.8 Å². The monoisotopic (exact) mass is 361 g/mol. The van der Waals surface area contributed by atoms with Crippen molar-refractivity contribution in [2.75, 3.05) is 27.2 Å². The molecule has 3 aromatic carbocycles. The SMILES string of the molecule is CN(C)CCOc1cc2c(cc1CN)[nH]c1ccccc12.c1ccccc1. The Bertz CT molecular complexity index is 950. The van der Waals surface area contributed by atoms with Crippen LogP contribution in [0.3, 0.4) is 0 Å². The van der Waals surface area contributed by atoms with E-state index >= 15 is 0 Å². The number of hydrogen-bond donors (Lipinski definition) is 2. The quantitative estimate of drug-likeness (QED) is 0.554. The molecule has 4 nitrogen and oxygen atoms in total. The van der Waals surface area contributed by atoms with Gasteiger partial charge in [-0.25, -0.2) is 0 Å². The molecule has 0 spiro atoms. The summed E-state index contributed by atoms with van der Waals surface area (Å²) >= 11 is 0. The first-order valence-corrected chi connectivity index (χ1v) is 9.20. The van der Waals surface area contributed by atoms with Crippen LogP contribution in [0.2, 0.25) is 0 Å². The van der Waals surface area contributed by atoms with Crippen molar-refractivity contribution in [2.24, 2.45) is 5.73 Å². The molecule has 0 saturated heterocycles. The first-order chi connectivity index (χ1) is 13.2. The van der Waals surface area contributed by atoms with Gasteiger partial charge in [0.05, 0.1) is 0 Å². The number of nitrogens with one attached hydrogen (secondary N) is 1. The van der Waals surface area contributed by atoms with Gasteiger partial charge in [0.25, 0.3) is 0 Å². The molecule has 1 heterocycles. The maximum absolute atomic E-state index is 5.93. The average molecular weight is 361 g/mol. The third kappa shape index (κ3) is 4.88. The Morgan fingerprint density at radius 1 is 0.852 bits per heavy atom. The van der Waals surface area contributed by atoms with Crippen LogP contribution < -0.4 is 10.5 Å². The van der Waals surface area contributed by atoms with Crippen LogP contribution in [-0.2, 0) is 6.54 Å². The molecule has 4 aromatic rings.